The summed E-state index contributed by atoms with van der Waals surface area (Å²) in [4.78, 5) is 37.0. The standard InChI is InChI=1S/C14H21NO4/c1-15-13(17)10(8-11(16)19-2)12(14(15)18)9-6-4-3-5-7-9/h9-10,12H,3-8H2,1-2H3/t10-,12-/m0/s1. The fourth-order valence-corrected chi connectivity index (χ4v) is 3.41. The lowest BCUT2D eigenvalue weighted by molar-refractivity contribution is -0.145. The molecular weight excluding hydrogens is 246 g/mol. The van der Waals surface area contributed by atoms with Crippen molar-refractivity contribution in [2.24, 2.45) is 17.8 Å². The number of methoxy groups -OCH3 is 1. The molecule has 0 spiro atoms. The highest BCUT2D eigenvalue weighted by Gasteiger charge is 2.49. The van der Waals surface area contributed by atoms with Crippen LogP contribution in [0.3, 0.4) is 0 Å². The lowest BCUT2D eigenvalue weighted by atomic mass is 9.74. The number of carbonyl (C=O) groups is 3. The predicted octanol–water partition coefficient (Wildman–Crippen LogP) is 1.36. The molecule has 106 valence electrons. The van der Waals surface area contributed by atoms with Crippen LogP contribution in [-0.2, 0) is 19.1 Å². The van der Waals surface area contributed by atoms with E-state index in [0.29, 0.717) is 0 Å². The van der Waals surface area contributed by atoms with Crippen LogP contribution in [0.1, 0.15) is 38.5 Å². The van der Waals surface area contributed by atoms with Gasteiger partial charge in [-0.25, -0.2) is 0 Å². The molecule has 19 heavy (non-hydrogen) atoms. The molecular formula is C14H21NO4. The van der Waals surface area contributed by atoms with Crippen molar-refractivity contribution in [3.8, 4) is 0 Å². The Balaban J connectivity index is 2.17. The Morgan fingerprint density at radius 1 is 1.21 bits per heavy atom. The highest BCUT2D eigenvalue weighted by molar-refractivity contribution is 6.06. The number of likely N-dealkylation sites (tertiary alicyclic amines) is 1. The molecule has 5 nitrogen and oxygen atoms in total. The van der Waals surface area contributed by atoms with Gasteiger partial charge in [0.15, 0.2) is 0 Å². The lowest BCUT2D eigenvalue weighted by Gasteiger charge is -2.28. The minimum Gasteiger partial charge on any atom is -0.469 e. The van der Waals surface area contributed by atoms with Crippen LogP contribution in [0.5, 0.6) is 0 Å². The average molecular weight is 267 g/mol. The summed E-state index contributed by atoms with van der Waals surface area (Å²) in [5, 5.41) is 0. The molecule has 2 rings (SSSR count). The summed E-state index contributed by atoms with van der Waals surface area (Å²) < 4.78 is 4.65. The van der Waals surface area contributed by atoms with E-state index < -0.39 is 11.9 Å². The molecule has 2 fully saturated rings. The monoisotopic (exact) mass is 267 g/mol. The average Bonchev–Trinajstić information content (AvgIpc) is 2.64. The zero-order valence-corrected chi connectivity index (χ0v) is 11.6. The molecule has 0 unspecified atom stereocenters. The smallest absolute Gasteiger partial charge is 0.306 e. The van der Waals surface area contributed by atoms with Gasteiger partial charge in [-0.3, -0.25) is 19.3 Å². The van der Waals surface area contributed by atoms with Crippen LogP contribution in [0.15, 0.2) is 0 Å². The van der Waals surface area contributed by atoms with E-state index in [2.05, 4.69) is 4.74 Å². The van der Waals surface area contributed by atoms with Crippen LogP contribution in [0.4, 0.5) is 0 Å². The minimum absolute atomic E-state index is 0.0204. The van der Waals surface area contributed by atoms with Crippen LogP contribution in [0, 0.1) is 17.8 Å². The maximum atomic E-state index is 12.2. The molecule has 5 heteroatoms. The summed E-state index contributed by atoms with van der Waals surface area (Å²) in [7, 11) is 2.82. The van der Waals surface area contributed by atoms with Crippen molar-refractivity contribution >= 4 is 17.8 Å². The Labute approximate surface area is 113 Å². The highest BCUT2D eigenvalue weighted by atomic mass is 16.5. The van der Waals surface area contributed by atoms with Crippen molar-refractivity contribution in [2.75, 3.05) is 14.2 Å². The maximum Gasteiger partial charge on any atom is 0.306 e. The molecule has 0 aromatic heterocycles. The summed E-state index contributed by atoms with van der Waals surface area (Å²) in [5.74, 6) is -1.37. The van der Waals surface area contributed by atoms with E-state index in [4.69, 9.17) is 0 Å². The molecule has 1 aliphatic heterocycles. The number of hydrogen-bond acceptors (Lipinski definition) is 4. The fraction of sp³-hybridized carbons (Fsp3) is 0.786. The van der Waals surface area contributed by atoms with Crippen LogP contribution in [-0.4, -0.2) is 36.8 Å². The predicted molar refractivity (Wildman–Crippen MR) is 68.0 cm³/mol. The summed E-state index contributed by atoms with van der Waals surface area (Å²) in [6, 6.07) is 0. The Bertz CT molecular complexity index is 387. The Hall–Kier alpha value is -1.39. The molecule has 2 atom stereocenters. The summed E-state index contributed by atoms with van der Waals surface area (Å²) >= 11 is 0. The van der Waals surface area contributed by atoms with Crippen molar-refractivity contribution in [2.45, 2.75) is 38.5 Å². The normalized spacial score (nSPS) is 28.8. The third-order valence-electron chi connectivity index (χ3n) is 4.47. The van der Waals surface area contributed by atoms with Crippen molar-refractivity contribution in [3.63, 3.8) is 0 Å². The molecule has 1 aliphatic carbocycles. The van der Waals surface area contributed by atoms with Gasteiger partial charge in [-0.05, 0) is 18.8 Å². The highest BCUT2D eigenvalue weighted by Crippen LogP contribution is 2.40. The van der Waals surface area contributed by atoms with E-state index in [1.807, 2.05) is 0 Å². The molecule has 0 aromatic carbocycles. The fourth-order valence-electron chi connectivity index (χ4n) is 3.41. The molecule has 0 N–H and O–H groups in total. The second-order valence-electron chi connectivity index (χ2n) is 5.55. The Kier molecular flexibility index (Phi) is 4.22. The molecule has 0 bridgehead atoms. The van der Waals surface area contributed by atoms with Gasteiger partial charge in [0.25, 0.3) is 0 Å². The van der Waals surface area contributed by atoms with Gasteiger partial charge < -0.3 is 4.74 Å². The molecule has 1 saturated carbocycles. The topological polar surface area (TPSA) is 63.7 Å². The summed E-state index contributed by atoms with van der Waals surface area (Å²) in [5.41, 5.74) is 0. The summed E-state index contributed by atoms with van der Waals surface area (Å²) in [6.07, 6.45) is 5.40. The largest absolute Gasteiger partial charge is 0.469 e. The van der Waals surface area contributed by atoms with Crippen LogP contribution in [0.25, 0.3) is 0 Å². The van der Waals surface area contributed by atoms with E-state index in [0.717, 1.165) is 25.7 Å². The minimum atomic E-state index is -0.520. The van der Waals surface area contributed by atoms with Gasteiger partial charge in [-0.2, -0.15) is 0 Å². The molecule has 2 aliphatic rings. The zero-order valence-electron chi connectivity index (χ0n) is 11.6. The first-order valence-electron chi connectivity index (χ1n) is 6.94. The number of ether oxygens (including phenoxy) is 1. The molecule has 2 amide bonds. The van der Waals surface area contributed by atoms with Gasteiger partial charge in [0, 0.05) is 7.05 Å². The number of hydrogen-bond donors (Lipinski definition) is 0. The van der Waals surface area contributed by atoms with Gasteiger partial charge in [-0.15, -0.1) is 0 Å². The van der Waals surface area contributed by atoms with Crippen molar-refractivity contribution in [1.29, 1.82) is 0 Å². The number of nitrogens with zero attached hydrogens (tertiary/aromatic N) is 1. The zero-order chi connectivity index (χ0) is 14.0. The number of carbonyl (C=O) groups excluding carboxylic acids is 3. The number of esters is 1. The quantitative estimate of drug-likeness (QED) is 0.572. The van der Waals surface area contributed by atoms with Crippen LogP contribution < -0.4 is 0 Å². The first-order chi connectivity index (χ1) is 9.06. The van der Waals surface area contributed by atoms with Crippen molar-refractivity contribution in [1.82, 2.24) is 4.90 Å². The third kappa shape index (κ3) is 2.65. The number of rotatable bonds is 3. The van der Waals surface area contributed by atoms with Gasteiger partial charge >= 0.3 is 5.97 Å². The van der Waals surface area contributed by atoms with Gasteiger partial charge in [0.1, 0.15) is 0 Å². The molecule has 0 radical (unpaired) electrons. The second kappa shape index (κ2) is 5.72. The Morgan fingerprint density at radius 3 is 2.42 bits per heavy atom. The van der Waals surface area contributed by atoms with Crippen LogP contribution in [0.2, 0.25) is 0 Å². The second-order valence-corrected chi connectivity index (χ2v) is 5.55. The first-order valence-corrected chi connectivity index (χ1v) is 6.94. The SMILES string of the molecule is COC(=O)C[C@@H]1C(=O)N(C)C(=O)[C@H]1C1CCCCC1. The molecule has 1 heterocycles. The first kappa shape index (κ1) is 14.0. The van der Waals surface area contributed by atoms with Gasteiger partial charge in [-0.1, -0.05) is 19.3 Å². The van der Waals surface area contributed by atoms with E-state index in [1.165, 1.54) is 25.5 Å². The number of amides is 2. The van der Waals surface area contributed by atoms with E-state index in [9.17, 15) is 14.4 Å². The van der Waals surface area contributed by atoms with Gasteiger partial charge in [0.05, 0.1) is 25.4 Å². The maximum absolute atomic E-state index is 12.2. The summed E-state index contributed by atoms with van der Waals surface area (Å²) in [6.45, 7) is 0. The van der Waals surface area contributed by atoms with Gasteiger partial charge in [0.2, 0.25) is 11.8 Å². The van der Waals surface area contributed by atoms with E-state index in [1.54, 1.807) is 0 Å². The van der Waals surface area contributed by atoms with Crippen molar-refractivity contribution in [3.05, 3.63) is 0 Å². The van der Waals surface area contributed by atoms with E-state index in [-0.39, 0.29) is 30.1 Å². The van der Waals surface area contributed by atoms with E-state index >= 15 is 0 Å². The van der Waals surface area contributed by atoms with Crippen molar-refractivity contribution < 1.29 is 19.1 Å². The lowest BCUT2D eigenvalue weighted by Crippen LogP contribution is -2.30. The molecule has 0 aromatic rings. The molecule has 1 saturated heterocycles. The Morgan fingerprint density at radius 2 is 1.84 bits per heavy atom. The number of imide groups is 1. The van der Waals surface area contributed by atoms with Crippen LogP contribution >= 0.6 is 0 Å². The third-order valence-corrected chi connectivity index (χ3v) is 4.47.